The van der Waals surface area contributed by atoms with Crippen LogP contribution in [0.25, 0.3) is 0 Å². The van der Waals surface area contributed by atoms with Crippen LogP contribution in [-0.4, -0.2) is 27.1 Å². The smallest absolute Gasteiger partial charge is 0.251 e. The number of rotatable bonds is 6. The molecular formula is C21H26N2O3S. The normalized spacial score (nSPS) is 15.1. The lowest BCUT2D eigenvalue weighted by Crippen LogP contribution is -2.35. The molecule has 6 heteroatoms. The monoisotopic (exact) mass is 386 g/mol. The molecule has 0 radical (unpaired) electrons. The van der Waals surface area contributed by atoms with E-state index in [1.807, 2.05) is 36.4 Å². The van der Waals surface area contributed by atoms with Gasteiger partial charge in [-0.3, -0.25) is 9.10 Å². The largest absolute Gasteiger partial charge is 0.345 e. The highest BCUT2D eigenvalue weighted by Gasteiger charge is 2.25. The molecule has 1 amide bonds. The predicted octanol–water partition coefficient (Wildman–Crippen LogP) is 3.67. The summed E-state index contributed by atoms with van der Waals surface area (Å²) < 4.78 is 25.4. The van der Waals surface area contributed by atoms with Crippen molar-refractivity contribution < 1.29 is 13.2 Å². The van der Waals surface area contributed by atoms with Crippen molar-refractivity contribution in [1.82, 2.24) is 5.32 Å². The maximum absolute atomic E-state index is 12.8. The molecular weight excluding hydrogens is 360 g/mol. The van der Waals surface area contributed by atoms with Gasteiger partial charge in [-0.25, -0.2) is 8.42 Å². The molecule has 1 heterocycles. The molecule has 2 aromatic rings. The Hall–Kier alpha value is -2.34. The van der Waals surface area contributed by atoms with Crippen molar-refractivity contribution in [3.8, 4) is 0 Å². The fourth-order valence-electron chi connectivity index (χ4n) is 3.59. The predicted molar refractivity (Wildman–Crippen MR) is 109 cm³/mol. The fraction of sp³-hybridized carbons (Fsp3) is 0.381. The van der Waals surface area contributed by atoms with Crippen molar-refractivity contribution >= 4 is 21.6 Å². The lowest BCUT2D eigenvalue weighted by Gasteiger charge is -2.29. The summed E-state index contributed by atoms with van der Waals surface area (Å²) in [7, 11) is -3.30. The Bertz CT molecular complexity index is 910. The lowest BCUT2D eigenvalue weighted by molar-refractivity contribution is 0.0934. The SMILES string of the molecule is CCCC(NC(=O)c1ccc2c(c1)CCCN2S(C)(=O)=O)c1ccccc1. The van der Waals surface area contributed by atoms with E-state index in [0.717, 1.165) is 36.8 Å². The van der Waals surface area contributed by atoms with Gasteiger partial charge in [-0.2, -0.15) is 0 Å². The summed E-state index contributed by atoms with van der Waals surface area (Å²) in [5, 5.41) is 3.13. The highest BCUT2D eigenvalue weighted by atomic mass is 32.2. The van der Waals surface area contributed by atoms with Crippen LogP contribution in [0.5, 0.6) is 0 Å². The summed E-state index contributed by atoms with van der Waals surface area (Å²) in [6, 6.07) is 15.2. The molecule has 5 nitrogen and oxygen atoms in total. The van der Waals surface area contributed by atoms with Gasteiger partial charge in [0.05, 0.1) is 18.0 Å². The number of carbonyl (C=O) groups excluding carboxylic acids is 1. The minimum atomic E-state index is -3.30. The van der Waals surface area contributed by atoms with Crippen LogP contribution in [0, 0.1) is 0 Å². The second kappa shape index (κ2) is 8.13. The summed E-state index contributed by atoms with van der Waals surface area (Å²) in [5.41, 5.74) is 3.26. The number of aryl methyl sites for hydroxylation is 1. The third kappa shape index (κ3) is 4.50. The van der Waals surface area contributed by atoms with Gasteiger partial charge in [0, 0.05) is 12.1 Å². The minimum Gasteiger partial charge on any atom is -0.345 e. The molecule has 1 unspecified atom stereocenters. The number of hydrogen-bond donors (Lipinski definition) is 1. The van der Waals surface area contributed by atoms with E-state index in [4.69, 9.17) is 0 Å². The summed E-state index contributed by atoms with van der Waals surface area (Å²) >= 11 is 0. The van der Waals surface area contributed by atoms with E-state index in [1.54, 1.807) is 12.1 Å². The van der Waals surface area contributed by atoms with Gasteiger partial charge in [-0.05, 0) is 48.6 Å². The van der Waals surface area contributed by atoms with Crippen LogP contribution >= 0.6 is 0 Å². The van der Waals surface area contributed by atoms with Crippen LogP contribution in [0.3, 0.4) is 0 Å². The van der Waals surface area contributed by atoms with Crippen LogP contribution < -0.4 is 9.62 Å². The van der Waals surface area contributed by atoms with Gasteiger partial charge in [0.25, 0.3) is 5.91 Å². The number of anilines is 1. The van der Waals surface area contributed by atoms with Crippen LogP contribution in [0.15, 0.2) is 48.5 Å². The molecule has 1 aliphatic heterocycles. The zero-order chi connectivity index (χ0) is 19.4. The molecule has 3 rings (SSSR count). The third-order valence-corrected chi connectivity index (χ3v) is 6.08. The Kier molecular flexibility index (Phi) is 5.85. The first-order valence-electron chi connectivity index (χ1n) is 9.36. The van der Waals surface area contributed by atoms with E-state index in [0.29, 0.717) is 17.8 Å². The molecule has 1 atom stereocenters. The van der Waals surface area contributed by atoms with Crippen LogP contribution in [0.2, 0.25) is 0 Å². The van der Waals surface area contributed by atoms with Crippen molar-refractivity contribution in [1.29, 1.82) is 0 Å². The molecule has 1 N–H and O–H groups in total. The number of benzene rings is 2. The van der Waals surface area contributed by atoms with Crippen LogP contribution in [-0.2, 0) is 16.4 Å². The van der Waals surface area contributed by atoms with Crippen molar-refractivity contribution in [2.45, 2.75) is 38.6 Å². The molecule has 0 spiro atoms. The molecule has 27 heavy (non-hydrogen) atoms. The second-order valence-corrected chi connectivity index (χ2v) is 8.91. The van der Waals surface area contributed by atoms with Gasteiger partial charge in [-0.15, -0.1) is 0 Å². The first-order valence-corrected chi connectivity index (χ1v) is 11.2. The Morgan fingerprint density at radius 2 is 1.93 bits per heavy atom. The summed E-state index contributed by atoms with van der Waals surface area (Å²) in [4.78, 5) is 12.8. The van der Waals surface area contributed by atoms with E-state index >= 15 is 0 Å². The number of sulfonamides is 1. The molecule has 0 aliphatic carbocycles. The highest BCUT2D eigenvalue weighted by molar-refractivity contribution is 7.92. The molecule has 0 saturated carbocycles. The number of nitrogens with zero attached hydrogens (tertiary/aromatic N) is 1. The fourth-order valence-corrected chi connectivity index (χ4v) is 4.58. The molecule has 0 aromatic heterocycles. The molecule has 144 valence electrons. The standard InChI is InChI=1S/C21H26N2O3S/c1-3-8-19(16-9-5-4-6-10-16)22-21(24)18-12-13-20-17(15-18)11-7-14-23(20)27(2,25)26/h4-6,9-10,12-13,15,19H,3,7-8,11,14H2,1-2H3,(H,22,24). The number of amides is 1. The van der Waals surface area contributed by atoms with Crippen molar-refractivity contribution in [3.05, 3.63) is 65.2 Å². The number of fused-ring (bicyclic) bond motifs is 1. The Morgan fingerprint density at radius 1 is 1.19 bits per heavy atom. The summed E-state index contributed by atoms with van der Waals surface area (Å²) in [6.45, 7) is 2.59. The van der Waals surface area contributed by atoms with Gasteiger partial charge in [-0.1, -0.05) is 43.7 Å². The number of nitrogens with one attached hydrogen (secondary N) is 1. The molecule has 2 aromatic carbocycles. The van der Waals surface area contributed by atoms with Gasteiger partial charge < -0.3 is 5.32 Å². The Balaban J connectivity index is 1.83. The molecule has 0 fully saturated rings. The second-order valence-electron chi connectivity index (χ2n) is 7.01. The zero-order valence-corrected chi connectivity index (χ0v) is 16.6. The summed E-state index contributed by atoms with van der Waals surface area (Å²) in [6.07, 6.45) is 4.58. The lowest BCUT2D eigenvalue weighted by atomic mass is 9.99. The number of hydrogen-bond acceptors (Lipinski definition) is 3. The molecule has 0 saturated heterocycles. The van der Waals surface area contributed by atoms with Gasteiger partial charge in [0.2, 0.25) is 10.0 Å². The Morgan fingerprint density at radius 3 is 2.59 bits per heavy atom. The highest BCUT2D eigenvalue weighted by Crippen LogP contribution is 2.30. The van der Waals surface area contributed by atoms with E-state index in [-0.39, 0.29) is 11.9 Å². The van der Waals surface area contributed by atoms with Crippen molar-refractivity contribution in [2.75, 3.05) is 17.1 Å². The maximum Gasteiger partial charge on any atom is 0.251 e. The molecule has 0 bridgehead atoms. The number of carbonyl (C=O) groups is 1. The van der Waals surface area contributed by atoms with Crippen LogP contribution in [0.4, 0.5) is 5.69 Å². The van der Waals surface area contributed by atoms with E-state index in [2.05, 4.69) is 12.2 Å². The van der Waals surface area contributed by atoms with Crippen LogP contribution in [0.1, 0.15) is 53.7 Å². The average molecular weight is 387 g/mol. The van der Waals surface area contributed by atoms with E-state index in [9.17, 15) is 13.2 Å². The first kappa shape index (κ1) is 19.4. The van der Waals surface area contributed by atoms with Gasteiger partial charge >= 0.3 is 0 Å². The summed E-state index contributed by atoms with van der Waals surface area (Å²) in [5.74, 6) is -0.128. The minimum absolute atomic E-state index is 0.0350. The van der Waals surface area contributed by atoms with Crippen molar-refractivity contribution in [2.24, 2.45) is 0 Å². The van der Waals surface area contributed by atoms with Gasteiger partial charge in [0.15, 0.2) is 0 Å². The van der Waals surface area contributed by atoms with E-state index < -0.39 is 10.0 Å². The zero-order valence-electron chi connectivity index (χ0n) is 15.8. The maximum atomic E-state index is 12.8. The van der Waals surface area contributed by atoms with Gasteiger partial charge in [0.1, 0.15) is 0 Å². The topological polar surface area (TPSA) is 66.5 Å². The molecule has 1 aliphatic rings. The Labute approximate surface area is 161 Å². The van der Waals surface area contributed by atoms with E-state index in [1.165, 1.54) is 10.6 Å². The average Bonchev–Trinajstić information content (AvgIpc) is 2.66. The van der Waals surface area contributed by atoms with Crippen molar-refractivity contribution in [3.63, 3.8) is 0 Å². The third-order valence-electron chi connectivity index (χ3n) is 4.90. The quantitative estimate of drug-likeness (QED) is 0.824. The first-order chi connectivity index (χ1) is 12.9.